The van der Waals surface area contributed by atoms with Crippen LogP contribution in [0.5, 0.6) is 0 Å². The minimum absolute atomic E-state index is 0.111. The van der Waals surface area contributed by atoms with Gasteiger partial charge in [0.2, 0.25) is 11.7 Å². The van der Waals surface area contributed by atoms with E-state index in [2.05, 4.69) is 15.5 Å². The third-order valence-electron chi connectivity index (χ3n) is 5.65. The number of aromatic nitrogens is 4. The van der Waals surface area contributed by atoms with Gasteiger partial charge in [-0.05, 0) is 36.8 Å². The lowest BCUT2D eigenvalue weighted by Crippen LogP contribution is -2.25. The van der Waals surface area contributed by atoms with Crippen LogP contribution in [-0.2, 0) is 24.3 Å². The molecule has 1 N–H and O–H groups in total. The summed E-state index contributed by atoms with van der Waals surface area (Å²) in [5.41, 5.74) is 2.77. The summed E-state index contributed by atoms with van der Waals surface area (Å²) in [7, 11) is 0. The highest BCUT2D eigenvalue weighted by Gasteiger charge is 2.17. The Morgan fingerprint density at radius 3 is 2.64 bits per heavy atom. The Labute approximate surface area is 189 Å². The first kappa shape index (κ1) is 20.7. The lowest BCUT2D eigenvalue weighted by molar-refractivity contribution is -0.121. The standard InChI is InChI=1S/C25H23N5O3/c1-17-8-10-18(11-9-17)16-29-24(32)20-6-2-3-7-21(20)30-22(27-28-25(29)30)12-13-23(31)26-15-19-5-4-14-33-19/h2-11,14H,12-13,15-16H2,1H3,(H,26,31). The molecule has 0 aliphatic rings. The van der Waals surface area contributed by atoms with Gasteiger partial charge in [-0.2, -0.15) is 0 Å². The van der Waals surface area contributed by atoms with E-state index in [0.29, 0.717) is 42.3 Å². The third kappa shape index (κ3) is 4.15. The van der Waals surface area contributed by atoms with Crippen molar-refractivity contribution in [2.45, 2.75) is 32.9 Å². The molecular weight excluding hydrogens is 418 g/mol. The Kier molecular flexibility index (Phi) is 5.48. The number of rotatable bonds is 7. The van der Waals surface area contributed by atoms with Crippen LogP contribution < -0.4 is 10.9 Å². The molecule has 0 aliphatic carbocycles. The molecule has 0 radical (unpaired) electrons. The predicted octanol–water partition coefficient (Wildman–Crippen LogP) is 3.24. The minimum Gasteiger partial charge on any atom is -0.467 e. The van der Waals surface area contributed by atoms with Crippen molar-refractivity contribution in [3.63, 3.8) is 0 Å². The van der Waals surface area contributed by atoms with Gasteiger partial charge in [0.1, 0.15) is 11.6 Å². The molecule has 0 saturated carbocycles. The highest BCUT2D eigenvalue weighted by molar-refractivity contribution is 5.80. The van der Waals surface area contributed by atoms with Gasteiger partial charge in [-0.25, -0.2) is 0 Å². The van der Waals surface area contributed by atoms with Crippen LogP contribution >= 0.6 is 0 Å². The molecular formula is C25H23N5O3. The lowest BCUT2D eigenvalue weighted by Gasteiger charge is -2.12. The molecule has 5 aromatic rings. The number of nitrogens with zero attached hydrogens (tertiary/aromatic N) is 4. The van der Waals surface area contributed by atoms with Gasteiger partial charge in [-0.3, -0.25) is 18.6 Å². The van der Waals surface area contributed by atoms with Crippen molar-refractivity contribution >= 4 is 22.6 Å². The molecule has 0 aliphatic heterocycles. The van der Waals surface area contributed by atoms with Crippen molar-refractivity contribution in [3.8, 4) is 0 Å². The van der Waals surface area contributed by atoms with E-state index in [-0.39, 0.29) is 17.9 Å². The van der Waals surface area contributed by atoms with E-state index in [1.165, 1.54) is 0 Å². The van der Waals surface area contributed by atoms with Gasteiger partial charge >= 0.3 is 0 Å². The number of carbonyl (C=O) groups is 1. The number of aryl methyl sites for hydroxylation is 2. The van der Waals surface area contributed by atoms with Crippen molar-refractivity contribution < 1.29 is 9.21 Å². The van der Waals surface area contributed by atoms with Crippen LogP contribution in [0, 0.1) is 6.92 Å². The molecule has 5 rings (SSSR count). The number of hydrogen-bond acceptors (Lipinski definition) is 5. The van der Waals surface area contributed by atoms with Gasteiger partial charge in [0, 0.05) is 12.8 Å². The number of benzene rings is 2. The van der Waals surface area contributed by atoms with Crippen LogP contribution in [-0.4, -0.2) is 25.1 Å². The van der Waals surface area contributed by atoms with Gasteiger partial charge in [-0.1, -0.05) is 42.0 Å². The van der Waals surface area contributed by atoms with Crippen LogP contribution in [0.4, 0.5) is 0 Å². The van der Waals surface area contributed by atoms with Crippen molar-refractivity contribution in [1.82, 2.24) is 24.5 Å². The first-order valence-corrected chi connectivity index (χ1v) is 10.8. The summed E-state index contributed by atoms with van der Waals surface area (Å²) in [6.07, 6.45) is 2.20. The van der Waals surface area contributed by atoms with Gasteiger partial charge in [0.25, 0.3) is 5.56 Å². The summed E-state index contributed by atoms with van der Waals surface area (Å²) < 4.78 is 8.77. The number of para-hydroxylation sites is 1. The Morgan fingerprint density at radius 2 is 1.85 bits per heavy atom. The van der Waals surface area contributed by atoms with Gasteiger partial charge < -0.3 is 9.73 Å². The SMILES string of the molecule is Cc1ccc(Cn2c(=O)c3ccccc3n3c(CCC(=O)NCc4ccco4)nnc23)cc1. The number of hydrogen-bond donors (Lipinski definition) is 1. The summed E-state index contributed by atoms with van der Waals surface area (Å²) in [5, 5.41) is 12.1. The van der Waals surface area contributed by atoms with Crippen molar-refractivity contribution in [1.29, 1.82) is 0 Å². The number of furan rings is 1. The normalized spacial score (nSPS) is 11.3. The van der Waals surface area contributed by atoms with E-state index in [1.54, 1.807) is 16.9 Å². The third-order valence-corrected chi connectivity index (χ3v) is 5.65. The van der Waals surface area contributed by atoms with Crippen molar-refractivity contribution in [2.24, 2.45) is 0 Å². The van der Waals surface area contributed by atoms with E-state index in [4.69, 9.17) is 4.42 Å². The van der Waals surface area contributed by atoms with E-state index in [1.807, 2.05) is 65.9 Å². The maximum Gasteiger partial charge on any atom is 0.263 e. The molecule has 0 bridgehead atoms. The molecule has 3 heterocycles. The monoisotopic (exact) mass is 441 g/mol. The topological polar surface area (TPSA) is 94.4 Å². The molecule has 0 saturated heterocycles. The van der Waals surface area contributed by atoms with E-state index in [0.717, 1.165) is 16.6 Å². The zero-order valence-corrected chi connectivity index (χ0v) is 18.2. The van der Waals surface area contributed by atoms with Gasteiger partial charge in [0.05, 0.1) is 30.3 Å². The predicted molar refractivity (Wildman–Crippen MR) is 124 cm³/mol. The van der Waals surface area contributed by atoms with Crippen LogP contribution in [0.2, 0.25) is 0 Å². The summed E-state index contributed by atoms with van der Waals surface area (Å²) in [4.78, 5) is 25.7. The molecule has 1 amide bonds. The maximum atomic E-state index is 13.3. The molecule has 8 heteroatoms. The summed E-state index contributed by atoms with van der Waals surface area (Å²) in [6.45, 7) is 2.75. The van der Waals surface area contributed by atoms with Crippen LogP contribution in [0.3, 0.4) is 0 Å². The van der Waals surface area contributed by atoms with E-state index >= 15 is 0 Å². The highest BCUT2D eigenvalue weighted by atomic mass is 16.3. The molecule has 0 fully saturated rings. The molecule has 0 spiro atoms. The smallest absolute Gasteiger partial charge is 0.263 e. The lowest BCUT2D eigenvalue weighted by atomic mass is 10.1. The van der Waals surface area contributed by atoms with Crippen LogP contribution in [0.15, 0.2) is 76.1 Å². The summed E-state index contributed by atoms with van der Waals surface area (Å²) >= 11 is 0. The zero-order valence-electron chi connectivity index (χ0n) is 18.2. The van der Waals surface area contributed by atoms with Crippen molar-refractivity contribution in [2.75, 3.05) is 0 Å². The van der Waals surface area contributed by atoms with E-state index < -0.39 is 0 Å². The second kappa shape index (κ2) is 8.74. The minimum atomic E-state index is -0.117. The summed E-state index contributed by atoms with van der Waals surface area (Å²) in [6, 6.07) is 19.1. The first-order valence-electron chi connectivity index (χ1n) is 10.8. The Hall–Kier alpha value is -4.20. The second-order valence-corrected chi connectivity index (χ2v) is 8.00. The second-order valence-electron chi connectivity index (χ2n) is 8.00. The number of nitrogens with one attached hydrogen (secondary N) is 1. The maximum absolute atomic E-state index is 13.3. The fourth-order valence-electron chi connectivity index (χ4n) is 3.91. The Bertz CT molecular complexity index is 1480. The number of amides is 1. The van der Waals surface area contributed by atoms with Crippen LogP contribution in [0.25, 0.3) is 16.7 Å². The average molecular weight is 441 g/mol. The molecule has 0 unspecified atom stereocenters. The number of carbonyl (C=O) groups excluding carboxylic acids is 1. The first-order chi connectivity index (χ1) is 16.1. The van der Waals surface area contributed by atoms with Gasteiger partial charge in [-0.15, -0.1) is 10.2 Å². The van der Waals surface area contributed by atoms with E-state index in [9.17, 15) is 9.59 Å². The van der Waals surface area contributed by atoms with Crippen molar-refractivity contribution in [3.05, 3.63) is 100.0 Å². The summed E-state index contributed by atoms with van der Waals surface area (Å²) in [5.74, 6) is 1.68. The van der Waals surface area contributed by atoms with Gasteiger partial charge in [0.15, 0.2) is 0 Å². The molecule has 0 atom stereocenters. The largest absolute Gasteiger partial charge is 0.467 e. The molecule has 2 aromatic carbocycles. The van der Waals surface area contributed by atoms with Crippen LogP contribution in [0.1, 0.15) is 29.1 Å². The quantitative estimate of drug-likeness (QED) is 0.418. The zero-order chi connectivity index (χ0) is 22.8. The Morgan fingerprint density at radius 1 is 1.03 bits per heavy atom. The molecule has 33 heavy (non-hydrogen) atoms. The molecule has 8 nitrogen and oxygen atoms in total. The Balaban J connectivity index is 1.47. The highest BCUT2D eigenvalue weighted by Crippen LogP contribution is 2.17. The molecule has 166 valence electrons. The molecule has 3 aromatic heterocycles. The number of fused-ring (bicyclic) bond motifs is 3. The fourth-order valence-corrected chi connectivity index (χ4v) is 3.91. The average Bonchev–Trinajstić information content (AvgIpc) is 3.50. The fraction of sp³-hybridized carbons (Fsp3) is 0.200.